The van der Waals surface area contributed by atoms with Crippen LogP contribution in [0.4, 0.5) is 0 Å². The van der Waals surface area contributed by atoms with Gasteiger partial charge in [0.1, 0.15) is 5.75 Å². The van der Waals surface area contributed by atoms with E-state index in [1.165, 1.54) is 12.8 Å². The minimum atomic E-state index is -0.826. The molecule has 0 heterocycles. The van der Waals surface area contributed by atoms with Crippen molar-refractivity contribution in [1.82, 2.24) is 0 Å². The summed E-state index contributed by atoms with van der Waals surface area (Å²) in [5, 5.41) is 11.5. The van der Waals surface area contributed by atoms with Gasteiger partial charge in [-0.15, -0.1) is 0 Å². The first-order valence-corrected chi connectivity index (χ1v) is 18.5. The second-order valence-electron chi connectivity index (χ2n) is 9.57. The van der Waals surface area contributed by atoms with E-state index in [1.807, 2.05) is 25.3 Å². The van der Waals surface area contributed by atoms with E-state index in [9.17, 15) is 5.11 Å². The topological polar surface area (TPSA) is 32.6 Å². The predicted molar refractivity (Wildman–Crippen MR) is 149 cm³/mol. The van der Waals surface area contributed by atoms with Crippen LogP contribution in [0.2, 0.25) is 0 Å². The summed E-state index contributed by atoms with van der Waals surface area (Å²) in [5.74, 6) is 1.04. The molecular weight excluding hydrogens is 552 g/mol. The molecule has 0 fully saturated rings. The van der Waals surface area contributed by atoms with Crippen molar-refractivity contribution in [2.75, 3.05) is 0 Å². The van der Waals surface area contributed by atoms with Gasteiger partial charge < -0.3 is 5.11 Å². The van der Waals surface area contributed by atoms with Gasteiger partial charge in [-0.05, 0) is 49.8 Å². The van der Waals surface area contributed by atoms with Gasteiger partial charge in [0.05, 0.1) is 0 Å². The molecule has 0 spiro atoms. The minimum absolute atomic E-state index is 0.242. The fraction of sp³-hybridized carbons (Fsp3) is 0.367. The Kier molecular flexibility index (Phi) is 12.8. The van der Waals surface area contributed by atoms with Crippen LogP contribution in [-0.2, 0) is 26.3 Å². The van der Waals surface area contributed by atoms with E-state index in [2.05, 4.69) is 88.4 Å². The molecule has 5 heteroatoms. The molecular formula is C30H37Cl2NOZr. The van der Waals surface area contributed by atoms with Crippen molar-refractivity contribution in [2.45, 2.75) is 65.3 Å². The number of hydrogen-bond acceptors (Lipinski definition) is 2. The molecule has 186 valence electrons. The Morgan fingerprint density at radius 2 is 1.40 bits per heavy atom. The third-order valence-corrected chi connectivity index (χ3v) is 6.54. The number of aliphatic imine (C=N–C) groups is 1. The number of phenolic OH excluding ortho intramolecular Hbond substituents is 1. The predicted octanol–water partition coefficient (Wildman–Crippen LogP) is 9.07. The first-order chi connectivity index (χ1) is 16.7. The van der Waals surface area contributed by atoms with Crippen LogP contribution in [0.1, 0.15) is 74.8 Å². The van der Waals surface area contributed by atoms with Gasteiger partial charge in [0.2, 0.25) is 0 Å². The zero-order chi connectivity index (χ0) is 25.8. The van der Waals surface area contributed by atoms with E-state index >= 15 is 0 Å². The molecule has 1 N–H and O–H groups in total. The third-order valence-electron chi connectivity index (χ3n) is 6.54. The fourth-order valence-corrected chi connectivity index (χ4v) is 4.39. The Labute approximate surface area is 230 Å². The number of aryl methyl sites for hydroxylation is 1. The molecule has 1 unspecified atom stereocenters. The van der Waals surface area contributed by atoms with Crippen molar-refractivity contribution in [3.05, 3.63) is 101 Å². The number of phenols is 1. The summed E-state index contributed by atoms with van der Waals surface area (Å²) in [6.45, 7) is 10.9. The number of benzene rings is 3. The average molecular weight is 590 g/mol. The third kappa shape index (κ3) is 8.31. The second kappa shape index (κ2) is 15.0. The van der Waals surface area contributed by atoms with E-state index in [-0.39, 0.29) is 6.04 Å². The molecule has 0 amide bonds. The van der Waals surface area contributed by atoms with Crippen LogP contribution in [0.25, 0.3) is 0 Å². The molecule has 35 heavy (non-hydrogen) atoms. The van der Waals surface area contributed by atoms with Gasteiger partial charge >= 0.3 is 37.9 Å². The SMILES string of the molecule is Cc1ccc(C(C)(c2ccccc2)c2ccccc2)c(O)c1C=NC(C)CCCC(C)C.[Cl][Zr][Cl]. The fourth-order valence-electron chi connectivity index (χ4n) is 4.39. The Morgan fingerprint density at radius 3 is 1.89 bits per heavy atom. The molecule has 3 rings (SSSR count). The Morgan fingerprint density at radius 1 is 0.886 bits per heavy atom. The zero-order valence-corrected chi connectivity index (χ0v) is 25.4. The van der Waals surface area contributed by atoms with Crippen LogP contribution >= 0.6 is 17.0 Å². The molecule has 0 aromatic heterocycles. The van der Waals surface area contributed by atoms with Crippen LogP contribution in [0, 0.1) is 12.8 Å². The summed E-state index contributed by atoms with van der Waals surface area (Å²) in [6.07, 6.45) is 5.36. The van der Waals surface area contributed by atoms with Crippen molar-refractivity contribution in [3.8, 4) is 5.75 Å². The monoisotopic (exact) mass is 587 g/mol. The zero-order valence-electron chi connectivity index (χ0n) is 21.4. The molecule has 2 nitrogen and oxygen atoms in total. The standard InChI is InChI=1S/C30H37NO.2ClH.Zr/c1-22(2)13-12-14-24(4)31-21-27-23(3)19-20-28(29(27)32)30(5,25-15-8-6-9-16-25)26-17-10-7-11-18-26;;;/h6-11,15-22,24,32H,12-14H2,1-5H3;2*1H;/q;;;+2/p-2. The van der Waals surface area contributed by atoms with Crippen LogP contribution in [-0.4, -0.2) is 17.4 Å². The first-order valence-electron chi connectivity index (χ1n) is 12.2. The van der Waals surface area contributed by atoms with E-state index in [4.69, 9.17) is 22.0 Å². The van der Waals surface area contributed by atoms with E-state index < -0.39 is 26.3 Å². The summed E-state index contributed by atoms with van der Waals surface area (Å²) in [7, 11) is 9.87. The first kappa shape index (κ1) is 29.8. The number of aromatic hydroxyl groups is 1. The van der Waals surface area contributed by atoms with Crippen molar-refractivity contribution in [1.29, 1.82) is 0 Å². The van der Waals surface area contributed by atoms with Gasteiger partial charge in [0.25, 0.3) is 0 Å². The van der Waals surface area contributed by atoms with Gasteiger partial charge in [-0.1, -0.05) is 99.5 Å². The van der Waals surface area contributed by atoms with Gasteiger partial charge in [-0.2, -0.15) is 0 Å². The van der Waals surface area contributed by atoms with Crippen LogP contribution < -0.4 is 0 Å². The quantitative estimate of drug-likeness (QED) is 0.196. The Balaban J connectivity index is 0.00000137. The molecule has 0 aliphatic rings. The maximum absolute atomic E-state index is 11.5. The molecule has 0 radical (unpaired) electrons. The van der Waals surface area contributed by atoms with E-state index in [0.29, 0.717) is 5.75 Å². The molecule has 3 aromatic carbocycles. The molecule has 0 saturated heterocycles. The summed E-state index contributed by atoms with van der Waals surface area (Å²) < 4.78 is 0. The normalized spacial score (nSPS) is 12.3. The molecule has 0 saturated carbocycles. The summed E-state index contributed by atoms with van der Waals surface area (Å²) in [6, 6.07) is 25.2. The average Bonchev–Trinajstić information content (AvgIpc) is 2.85. The Bertz CT molecular complexity index is 1020. The number of hydrogen-bond donors (Lipinski definition) is 1. The van der Waals surface area contributed by atoms with Gasteiger partial charge in [0, 0.05) is 28.8 Å². The molecule has 3 aromatic rings. The number of nitrogens with zero attached hydrogens (tertiary/aromatic N) is 1. The van der Waals surface area contributed by atoms with Crippen molar-refractivity contribution in [2.24, 2.45) is 10.9 Å². The molecule has 0 aliphatic carbocycles. The van der Waals surface area contributed by atoms with E-state index in [1.54, 1.807) is 0 Å². The summed E-state index contributed by atoms with van der Waals surface area (Å²) in [4.78, 5) is 4.80. The van der Waals surface area contributed by atoms with Gasteiger partial charge in [0.15, 0.2) is 0 Å². The van der Waals surface area contributed by atoms with Gasteiger partial charge in [-0.25, -0.2) is 0 Å². The van der Waals surface area contributed by atoms with Crippen molar-refractivity contribution < 1.29 is 26.0 Å². The molecule has 0 bridgehead atoms. The number of halogens is 2. The summed E-state index contributed by atoms with van der Waals surface area (Å²) >= 11 is -0.826. The van der Waals surface area contributed by atoms with E-state index in [0.717, 1.165) is 40.2 Å². The van der Waals surface area contributed by atoms with Crippen LogP contribution in [0.15, 0.2) is 77.8 Å². The maximum atomic E-state index is 11.5. The molecule has 1 atom stereocenters. The summed E-state index contributed by atoms with van der Waals surface area (Å²) in [5.41, 5.74) is 4.57. The van der Waals surface area contributed by atoms with Crippen LogP contribution in [0.3, 0.4) is 0 Å². The van der Waals surface area contributed by atoms with Crippen LogP contribution in [0.5, 0.6) is 5.75 Å². The number of rotatable bonds is 9. The second-order valence-corrected chi connectivity index (χ2v) is 13.3. The van der Waals surface area contributed by atoms with Crippen molar-refractivity contribution >= 4 is 23.2 Å². The Hall–Kier alpha value is -1.41. The van der Waals surface area contributed by atoms with Crippen molar-refractivity contribution in [3.63, 3.8) is 0 Å². The van der Waals surface area contributed by atoms with Gasteiger partial charge in [-0.3, -0.25) is 4.99 Å². The molecule has 0 aliphatic heterocycles.